The van der Waals surface area contributed by atoms with Crippen molar-refractivity contribution in [2.24, 2.45) is 0 Å². The van der Waals surface area contributed by atoms with E-state index >= 15 is 0 Å². The van der Waals surface area contributed by atoms with Crippen LogP contribution in [0.1, 0.15) is 0 Å². The smallest absolute Gasteiger partial charge is 0.423 e. The zero-order chi connectivity index (χ0) is 15.4. The summed E-state index contributed by atoms with van der Waals surface area (Å²) in [5.41, 5.74) is 3.32. The van der Waals surface area contributed by atoms with Gasteiger partial charge < -0.3 is 14.9 Å². The van der Waals surface area contributed by atoms with Crippen molar-refractivity contribution in [2.75, 3.05) is 4.90 Å². The molecular weight excluding hydrogens is 275 g/mol. The summed E-state index contributed by atoms with van der Waals surface area (Å²) < 4.78 is 0. The topological polar surface area (TPSA) is 56.6 Å². The Morgan fingerprint density at radius 3 is 1.95 bits per heavy atom. The van der Waals surface area contributed by atoms with Crippen LogP contribution in [0.5, 0.6) is 0 Å². The van der Waals surface area contributed by atoms with Gasteiger partial charge in [-0.25, -0.2) is 0 Å². The van der Waals surface area contributed by atoms with E-state index in [4.69, 9.17) is 0 Å². The van der Waals surface area contributed by atoms with Crippen molar-refractivity contribution in [1.82, 2.24) is 4.98 Å². The molecule has 5 heteroatoms. The van der Waals surface area contributed by atoms with E-state index in [2.05, 4.69) is 9.88 Å². The van der Waals surface area contributed by atoms with Crippen molar-refractivity contribution in [3.63, 3.8) is 0 Å². The second-order valence-electron chi connectivity index (χ2n) is 4.85. The first-order chi connectivity index (χ1) is 10.8. The third-order valence-corrected chi connectivity index (χ3v) is 3.37. The highest BCUT2D eigenvalue weighted by atomic mass is 16.4. The van der Waals surface area contributed by atoms with E-state index in [9.17, 15) is 10.0 Å². The second-order valence-corrected chi connectivity index (χ2v) is 4.85. The lowest BCUT2D eigenvalue weighted by atomic mass is 9.80. The van der Waals surface area contributed by atoms with Crippen LogP contribution in [0.2, 0.25) is 0 Å². The Balaban J connectivity index is 2.06. The van der Waals surface area contributed by atoms with Crippen LogP contribution in [-0.4, -0.2) is 22.2 Å². The SMILES string of the molecule is OB(O)c1ccc(N(c2ccccc2)c2cccnc2)cc1. The minimum Gasteiger partial charge on any atom is -0.423 e. The molecule has 0 radical (unpaired) electrons. The van der Waals surface area contributed by atoms with E-state index in [-0.39, 0.29) is 0 Å². The monoisotopic (exact) mass is 290 g/mol. The number of para-hydroxylation sites is 1. The highest BCUT2D eigenvalue weighted by molar-refractivity contribution is 6.58. The Bertz CT molecular complexity index is 679. The molecule has 108 valence electrons. The number of benzene rings is 2. The minimum absolute atomic E-state index is 0.461. The third-order valence-electron chi connectivity index (χ3n) is 3.37. The number of nitrogens with zero attached hydrogens (tertiary/aromatic N) is 2. The van der Waals surface area contributed by atoms with Crippen LogP contribution in [-0.2, 0) is 0 Å². The van der Waals surface area contributed by atoms with Gasteiger partial charge in [-0.2, -0.15) is 0 Å². The van der Waals surface area contributed by atoms with Gasteiger partial charge in [0, 0.05) is 17.6 Å². The molecule has 2 N–H and O–H groups in total. The summed E-state index contributed by atoms with van der Waals surface area (Å²) in [7, 11) is -1.46. The van der Waals surface area contributed by atoms with Gasteiger partial charge >= 0.3 is 7.12 Å². The zero-order valence-electron chi connectivity index (χ0n) is 11.9. The fourth-order valence-corrected chi connectivity index (χ4v) is 2.31. The van der Waals surface area contributed by atoms with E-state index in [1.165, 1.54) is 0 Å². The molecule has 3 rings (SSSR count). The van der Waals surface area contributed by atoms with Crippen molar-refractivity contribution in [2.45, 2.75) is 0 Å². The summed E-state index contributed by atoms with van der Waals surface area (Å²) in [5.74, 6) is 0. The molecule has 0 bridgehead atoms. The van der Waals surface area contributed by atoms with E-state index in [1.807, 2.05) is 54.6 Å². The molecule has 0 spiro atoms. The lowest BCUT2D eigenvalue weighted by Gasteiger charge is -2.25. The van der Waals surface area contributed by atoms with Crippen LogP contribution in [0.4, 0.5) is 17.1 Å². The third kappa shape index (κ3) is 3.00. The molecule has 0 aliphatic heterocycles. The van der Waals surface area contributed by atoms with E-state index in [1.54, 1.807) is 24.5 Å². The quantitative estimate of drug-likeness (QED) is 0.723. The van der Waals surface area contributed by atoms with Crippen molar-refractivity contribution in [1.29, 1.82) is 0 Å². The molecule has 2 aromatic carbocycles. The number of rotatable bonds is 4. The summed E-state index contributed by atoms with van der Waals surface area (Å²) in [6.07, 6.45) is 3.53. The molecule has 0 amide bonds. The standard InChI is InChI=1S/C17H15BN2O2/c21-18(22)14-8-10-16(11-9-14)20(15-5-2-1-3-6-15)17-7-4-12-19-13-17/h1-13,21-22H. The fraction of sp³-hybridized carbons (Fsp3) is 0. The number of hydrogen-bond donors (Lipinski definition) is 2. The highest BCUT2D eigenvalue weighted by Crippen LogP contribution is 2.32. The molecule has 0 fully saturated rings. The van der Waals surface area contributed by atoms with Gasteiger partial charge in [-0.15, -0.1) is 0 Å². The van der Waals surface area contributed by atoms with Gasteiger partial charge in [0.05, 0.1) is 11.9 Å². The van der Waals surface area contributed by atoms with E-state index in [0.717, 1.165) is 17.1 Å². The van der Waals surface area contributed by atoms with Gasteiger partial charge in [0.15, 0.2) is 0 Å². The van der Waals surface area contributed by atoms with Crippen molar-refractivity contribution >= 4 is 29.6 Å². The van der Waals surface area contributed by atoms with Gasteiger partial charge in [-0.3, -0.25) is 4.98 Å². The van der Waals surface area contributed by atoms with Crippen molar-refractivity contribution in [3.8, 4) is 0 Å². The second kappa shape index (κ2) is 6.43. The molecule has 0 saturated carbocycles. The molecule has 0 aliphatic carbocycles. The predicted octanol–water partition coefficient (Wildman–Crippen LogP) is 2.23. The van der Waals surface area contributed by atoms with Crippen LogP contribution in [0.3, 0.4) is 0 Å². The summed E-state index contributed by atoms with van der Waals surface area (Å²) in [6.45, 7) is 0. The average Bonchev–Trinajstić information content (AvgIpc) is 2.57. The van der Waals surface area contributed by atoms with Crippen molar-refractivity contribution < 1.29 is 10.0 Å². The fourth-order valence-electron chi connectivity index (χ4n) is 2.31. The predicted molar refractivity (Wildman–Crippen MR) is 88.7 cm³/mol. The minimum atomic E-state index is -1.46. The first-order valence-corrected chi connectivity index (χ1v) is 6.97. The normalized spacial score (nSPS) is 10.3. The maximum Gasteiger partial charge on any atom is 0.488 e. The number of pyridine rings is 1. The molecule has 1 aromatic heterocycles. The largest absolute Gasteiger partial charge is 0.488 e. The molecule has 0 saturated heterocycles. The summed E-state index contributed by atoms with van der Waals surface area (Å²) in [4.78, 5) is 6.24. The molecule has 0 aliphatic rings. The van der Waals surface area contributed by atoms with E-state index < -0.39 is 7.12 Å². The molecular formula is C17H15BN2O2. The number of aromatic nitrogens is 1. The number of anilines is 3. The lowest BCUT2D eigenvalue weighted by Crippen LogP contribution is -2.29. The maximum atomic E-state index is 9.22. The summed E-state index contributed by atoms with van der Waals surface area (Å²) >= 11 is 0. The lowest BCUT2D eigenvalue weighted by molar-refractivity contribution is 0.426. The molecule has 0 unspecified atom stereocenters. The van der Waals surface area contributed by atoms with Crippen LogP contribution < -0.4 is 10.4 Å². The Labute approximate surface area is 129 Å². The Kier molecular flexibility index (Phi) is 4.18. The maximum absolute atomic E-state index is 9.22. The zero-order valence-corrected chi connectivity index (χ0v) is 11.9. The van der Waals surface area contributed by atoms with Crippen LogP contribution >= 0.6 is 0 Å². The van der Waals surface area contributed by atoms with Crippen LogP contribution in [0.15, 0.2) is 79.1 Å². The van der Waals surface area contributed by atoms with Crippen LogP contribution in [0, 0.1) is 0 Å². The Morgan fingerprint density at radius 1 is 0.727 bits per heavy atom. The average molecular weight is 290 g/mol. The Hall–Kier alpha value is -2.63. The van der Waals surface area contributed by atoms with Crippen molar-refractivity contribution in [3.05, 3.63) is 79.1 Å². The summed E-state index contributed by atoms with van der Waals surface area (Å²) in [5, 5.41) is 18.4. The summed E-state index contributed by atoms with van der Waals surface area (Å²) in [6, 6.07) is 20.9. The molecule has 4 nitrogen and oxygen atoms in total. The molecule has 1 heterocycles. The first-order valence-electron chi connectivity index (χ1n) is 6.97. The molecule has 22 heavy (non-hydrogen) atoms. The van der Waals surface area contributed by atoms with Gasteiger partial charge in [0.2, 0.25) is 0 Å². The molecule has 0 atom stereocenters. The molecule has 3 aromatic rings. The number of hydrogen-bond acceptors (Lipinski definition) is 4. The Morgan fingerprint density at radius 2 is 1.36 bits per heavy atom. The highest BCUT2D eigenvalue weighted by Gasteiger charge is 2.14. The van der Waals surface area contributed by atoms with Gasteiger partial charge in [-0.1, -0.05) is 30.3 Å². The first kappa shape index (κ1) is 14.3. The van der Waals surface area contributed by atoms with Crippen LogP contribution in [0.25, 0.3) is 0 Å². The van der Waals surface area contributed by atoms with Gasteiger partial charge in [0.25, 0.3) is 0 Å². The van der Waals surface area contributed by atoms with E-state index in [0.29, 0.717) is 5.46 Å². The van der Waals surface area contributed by atoms with Gasteiger partial charge in [0.1, 0.15) is 0 Å². The van der Waals surface area contributed by atoms with Gasteiger partial charge in [-0.05, 0) is 41.9 Å².